The molecular formula is C19H15F5N2O4. The lowest BCUT2D eigenvalue weighted by atomic mass is 9.77. The Morgan fingerprint density at radius 1 is 1.07 bits per heavy atom. The molecule has 1 fully saturated rings. The molecule has 1 aliphatic heterocycles. The largest absolute Gasteiger partial charge is 0.437 e. The van der Waals surface area contributed by atoms with Gasteiger partial charge in [-0.15, -0.1) is 0 Å². The third-order valence-electron chi connectivity index (χ3n) is 4.62. The average Bonchev–Trinajstić information content (AvgIpc) is 2.67. The van der Waals surface area contributed by atoms with Gasteiger partial charge in [0, 0.05) is 11.1 Å². The minimum atomic E-state index is -5.46. The number of rotatable bonds is 5. The highest BCUT2D eigenvalue weighted by Crippen LogP contribution is 2.45. The van der Waals surface area contributed by atoms with Crippen LogP contribution in [0.5, 0.6) is 5.75 Å². The summed E-state index contributed by atoms with van der Waals surface area (Å²) in [5.41, 5.74) is -4.48. The summed E-state index contributed by atoms with van der Waals surface area (Å²) in [6.07, 6.45) is -5.46. The fourth-order valence-electron chi connectivity index (χ4n) is 3.32. The van der Waals surface area contributed by atoms with Crippen LogP contribution in [0.25, 0.3) is 0 Å². The monoisotopic (exact) mass is 430 g/mol. The van der Waals surface area contributed by atoms with Crippen molar-refractivity contribution in [1.29, 1.82) is 0 Å². The Balaban J connectivity index is 2.19. The Morgan fingerprint density at radius 2 is 1.67 bits per heavy atom. The molecule has 160 valence electrons. The predicted octanol–water partition coefficient (Wildman–Crippen LogP) is 3.39. The first-order valence-corrected chi connectivity index (χ1v) is 8.55. The van der Waals surface area contributed by atoms with E-state index in [1.165, 1.54) is 47.8 Å². The molecule has 0 aliphatic carbocycles. The minimum absolute atomic E-state index is 0.180. The normalized spacial score (nSPS) is 24.2. The molecule has 0 spiro atoms. The maximum Gasteiger partial charge on any atom is 0.437 e. The number of urea groups is 1. The summed E-state index contributed by atoms with van der Waals surface area (Å²) >= 11 is 0. The molecule has 6 nitrogen and oxygen atoms in total. The first-order chi connectivity index (χ1) is 14.0. The lowest BCUT2D eigenvalue weighted by molar-refractivity contribution is -0.287. The zero-order valence-corrected chi connectivity index (χ0v) is 15.0. The van der Waals surface area contributed by atoms with Crippen molar-refractivity contribution >= 4 is 11.8 Å². The van der Waals surface area contributed by atoms with Gasteiger partial charge >= 0.3 is 18.8 Å². The van der Waals surface area contributed by atoms with E-state index < -0.39 is 48.0 Å². The summed E-state index contributed by atoms with van der Waals surface area (Å²) in [7, 11) is 0. The number of alkyl halides is 5. The van der Waals surface area contributed by atoms with Crippen LogP contribution in [0.1, 0.15) is 22.0 Å². The van der Waals surface area contributed by atoms with E-state index in [9.17, 15) is 36.6 Å². The van der Waals surface area contributed by atoms with Crippen LogP contribution in [0, 0.1) is 5.92 Å². The van der Waals surface area contributed by atoms with Gasteiger partial charge in [0.15, 0.2) is 5.78 Å². The molecule has 3 unspecified atom stereocenters. The van der Waals surface area contributed by atoms with Gasteiger partial charge in [0.05, 0.1) is 6.04 Å². The second-order valence-corrected chi connectivity index (χ2v) is 6.46. The molecule has 3 atom stereocenters. The van der Waals surface area contributed by atoms with Crippen LogP contribution in [0.15, 0.2) is 54.6 Å². The number of nitrogens with one attached hydrogen (secondary N) is 2. The SMILES string of the molecule is O=C1NC(c2ccccc2OC(F)F)C(C(=O)c2ccccc2)C(O)(C(F)(F)F)N1. The fourth-order valence-corrected chi connectivity index (χ4v) is 3.32. The standard InChI is InChI=1S/C19H15F5N2O4/c20-16(21)30-12-9-5-4-8-11(12)14-13(15(27)10-6-2-1-3-7-10)18(29,19(22,23)24)26-17(28)25-14/h1-9,13-14,16,29H,(H2,25,26,28). The number of hydrogen-bond acceptors (Lipinski definition) is 4. The molecule has 0 saturated carbocycles. The smallest absolute Gasteiger partial charge is 0.434 e. The van der Waals surface area contributed by atoms with Crippen LogP contribution < -0.4 is 15.4 Å². The number of hydrogen-bond donors (Lipinski definition) is 3. The van der Waals surface area contributed by atoms with Crippen molar-refractivity contribution in [3.63, 3.8) is 0 Å². The van der Waals surface area contributed by atoms with Gasteiger partial charge in [0.2, 0.25) is 5.72 Å². The topological polar surface area (TPSA) is 87.7 Å². The van der Waals surface area contributed by atoms with Crippen LogP contribution in [-0.4, -0.2) is 35.4 Å². The van der Waals surface area contributed by atoms with E-state index in [0.29, 0.717) is 0 Å². The summed E-state index contributed by atoms with van der Waals surface area (Å²) in [5.74, 6) is -4.06. The quantitative estimate of drug-likeness (QED) is 0.501. The number of halogens is 5. The number of para-hydroxylation sites is 1. The van der Waals surface area contributed by atoms with Crippen LogP contribution in [0.2, 0.25) is 0 Å². The van der Waals surface area contributed by atoms with Gasteiger partial charge in [0.25, 0.3) is 0 Å². The van der Waals surface area contributed by atoms with Crippen molar-refractivity contribution in [3.8, 4) is 5.75 Å². The zero-order chi connectivity index (χ0) is 22.1. The molecule has 0 aromatic heterocycles. The maximum atomic E-state index is 13.8. The van der Waals surface area contributed by atoms with Crippen molar-refractivity contribution in [2.24, 2.45) is 5.92 Å². The first kappa shape index (κ1) is 21.5. The molecule has 1 aliphatic rings. The number of aliphatic hydroxyl groups is 1. The first-order valence-electron chi connectivity index (χ1n) is 8.55. The Hall–Kier alpha value is -3.21. The summed E-state index contributed by atoms with van der Waals surface area (Å²) in [4.78, 5) is 25.0. The Morgan fingerprint density at radius 3 is 2.27 bits per heavy atom. The Labute approximate surface area is 166 Å². The second kappa shape index (κ2) is 7.90. The van der Waals surface area contributed by atoms with E-state index in [4.69, 9.17) is 0 Å². The van der Waals surface area contributed by atoms with E-state index in [2.05, 4.69) is 10.1 Å². The van der Waals surface area contributed by atoms with Crippen LogP contribution in [-0.2, 0) is 0 Å². The van der Waals surface area contributed by atoms with Gasteiger partial charge in [-0.25, -0.2) is 4.79 Å². The predicted molar refractivity (Wildman–Crippen MR) is 92.7 cm³/mol. The van der Waals surface area contributed by atoms with E-state index in [1.807, 2.05) is 0 Å². The molecule has 2 amide bonds. The van der Waals surface area contributed by atoms with Crippen molar-refractivity contribution in [1.82, 2.24) is 10.6 Å². The number of ether oxygens (including phenoxy) is 1. The summed E-state index contributed by atoms with van der Waals surface area (Å²) in [5, 5.41) is 14.0. The molecule has 3 N–H and O–H groups in total. The van der Waals surface area contributed by atoms with Crippen molar-refractivity contribution in [2.75, 3.05) is 0 Å². The molecule has 2 aromatic carbocycles. The van der Waals surface area contributed by atoms with Crippen molar-refractivity contribution in [2.45, 2.75) is 24.6 Å². The zero-order valence-electron chi connectivity index (χ0n) is 15.0. The van der Waals surface area contributed by atoms with E-state index in [0.717, 1.165) is 12.1 Å². The highest BCUT2D eigenvalue weighted by atomic mass is 19.4. The van der Waals surface area contributed by atoms with E-state index in [1.54, 1.807) is 0 Å². The van der Waals surface area contributed by atoms with Gasteiger partial charge in [-0.05, 0) is 6.07 Å². The number of Topliss-reactive ketones (excluding diaryl/α,β-unsaturated/α-hetero) is 1. The highest BCUT2D eigenvalue weighted by molar-refractivity contribution is 6.00. The molecule has 0 bridgehead atoms. The molecule has 2 aromatic rings. The summed E-state index contributed by atoms with van der Waals surface area (Å²) < 4.78 is 71.4. The number of benzene rings is 2. The highest BCUT2D eigenvalue weighted by Gasteiger charge is 2.66. The van der Waals surface area contributed by atoms with Gasteiger partial charge in [-0.3, -0.25) is 4.79 Å². The van der Waals surface area contributed by atoms with Gasteiger partial charge in [-0.2, -0.15) is 22.0 Å². The summed E-state index contributed by atoms with van der Waals surface area (Å²) in [6.45, 7) is -3.31. The molecule has 1 heterocycles. The molecule has 11 heteroatoms. The lowest BCUT2D eigenvalue weighted by Gasteiger charge is -2.45. The van der Waals surface area contributed by atoms with E-state index in [-0.39, 0.29) is 11.1 Å². The number of amides is 2. The van der Waals surface area contributed by atoms with Gasteiger partial charge < -0.3 is 20.5 Å². The average molecular weight is 430 g/mol. The minimum Gasteiger partial charge on any atom is -0.434 e. The maximum absolute atomic E-state index is 13.8. The molecule has 30 heavy (non-hydrogen) atoms. The van der Waals surface area contributed by atoms with Crippen molar-refractivity contribution in [3.05, 3.63) is 65.7 Å². The Bertz CT molecular complexity index is 938. The third-order valence-corrected chi connectivity index (χ3v) is 4.62. The Kier molecular flexibility index (Phi) is 5.66. The van der Waals surface area contributed by atoms with Crippen LogP contribution in [0.3, 0.4) is 0 Å². The number of ketones is 1. The lowest BCUT2D eigenvalue weighted by Crippen LogP contribution is -2.72. The number of carbonyl (C=O) groups excluding carboxylic acids is 2. The van der Waals surface area contributed by atoms with Crippen LogP contribution >= 0.6 is 0 Å². The second-order valence-electron chi connectivity index (χ2n) is 6.46. The molecule has 3 rings (SSSR count). The van der Waals surface area contributed by atoms with Crippen LogP contribution in [0.4, 0.5) is 26.7 Å². The summed E-state index contributed by atoms with van der Waals surface area (Å²) in [6, 6.07) is 8.28. The van der Waals surface area contributed by atoms with Crippen molar-refractivity contribution < 1.29 is 41.4 Å². The third kappa shape index (κ3) is 3.92. The van der Waals surface area contributed by atoms with Gasteiger partial charge in [-0.1, -0.05) is 48.5 Å². The fraction of sp³-hybridized carbons (Fsp3) is 0.263. The van der Waals surface area contributed by atoms with E-state index >= 15 is 0 Å². The molecular weight excluding hydrogens is 415 g/mol. The molecule has 0 radical (unpaired) electrons. The molecule has 1 saturated heterocycles. The number of carbonyl (C=O) groups is 2. The van der Waals surface area contributed by atoms with Gasteiger partial charge in [0.1, 0.15) is 11.7 Å².